The topological polar surface area (TPSA) is 36.3 Å². The van der Waals surface area contributed by atoms with E-state index in [0.717, 1.165) is 29.8 Å². The molecule has 0 atom stereocenters. The Labute approximate surface area is 132 Å². The monoisotopic (exact) mass is 300 g/mol. The molecule has 3 rings (SSSR count). The Morgan fingerprint density at radius 1 is 1.05 bits per heavy atom. The molecule has 118 valence electrons. The predicted octanol–water partition coefficient (Wildman–Crippen LogP) is 3.77. The van der Waals surface area contributed by atoms with Gasteiger partial charge in [0.1, 0.15) is 5.75 Å². The largest absolute Gasteiger partial charge is 0.497 e. The molecule has 0 spiro atoms. The lowest BCUT2D eigenvalue weighted by molar-refractivity contribution is 0.0651. The van der Waals surface area contributed by atoms with Gasteiger partial charge in [0.05, 0.1) is 18.9 Å². The van der Waals surface area contributed by atoms with E-state index in [2.05, 4.69) is 18.2 Å². The van der Waals surface area contributed by atoms with Gasteiger partial charge in [-0.25, -0.2) is 0 Å². The summed E-state index contributed by atoms with van der Waals surface area (Å²) in [5.41, 5.74) is 3.50. The van der Waals surface area contributed by atoms with Gasteiger partial charge in [-0.15, -0.1) is 0 Å². The second-order valence-corrected chi connectivity index (χ2v) is 6.02. The quantitative estimate of drug-likeness (QED) is 0.862. The summed E-state index contributed by atoms with van der Waals surface area (Å²) in [6, 6.07) is 10.3. The fourth-order valence-corrected chi connectivity index (χ4v) is 3.36. The summed E-state index contributed by atoms with van der Waals surface area (Å²) in [6.45, 7) is 0. The van der Waals surface area contributed by atoms with Crippen LogP contribution in [0.15, 0.2) is 30.3 Å². The molecule has 0 aliphatic heterocycles. The van der Waals surface area contributed by atoms with Gasteiger partial charge < -0.3 is 9.47 Å². The van der Waals surface area contributed by atoms with Gasteiger partial charge in [0.25, 0.3) is 0 Å². The molecule has 2 aromatic rings. The number of benzene rings is 1. The van der Waals surface area contributed by atoms with E-state index in [4.69, 9.17) is 14.6 Å². The lowest BCUT2D eigenvalue weighted by Gasteiger charge is -2.27. The molecule has 4 heteroatoms. The van der Waals surface area contributed by atoms with Crippen LogP contribution in [0.1, 0.15) is 37.3 Å². The zero-order valence-corrected chi connectivity index (χ0v) is 13.6. The minimum Gasteiger partial charge on any atom is -0.497 e. The van der Waals surface area contributed by atoms with Crippen molar-refractivity contribution in [3.05, 3.63) is 36.0 Å². The van der Waals surface area contributed by atoms with Crippen LogP contribution in [0.4, 0.5) is 0 Å². The molecular formula is C18H24N2O2. The Morgan fingerprint density at radius 3 is 2.32 bits per heavy atom. The summed E-state index contributed by atoms with van der Waals surface area (Å²) in [6.07, 6.45) is 5.08. The molecule has 1 fully saturated rings. The van der Waals surface area contributed by atoms with E-state index < -0.39 is 0 Å². The van der Waals surface area contributed by atoms with Crippen LogP contribution in [0.5, 0.6) is 5.75 Å². The van der Waals surface area contributed by atoms with E-state index in [1.54, 1.807) is 7.11 Å². The van der Waals surface area contributed by atoms with Crippen LogP contribution in [-0.4, -0.2) is 30.1 Å². The first kappa shape index (κ1) is 15.1. The molecule has 22 heavy (non-hydrogen) atoms. The highest BCUT2D eigenvalue weighted by molar-refractivity contribution is 5.60. The van der Waals surface area contributed by atoms with Crippen molar-refractivity contribution >= 4 is 0 Å². The normalized spacial score (nSPS) is 21.8. The molecule has 1 heterocycles. The van der Waals surface area contributed by atoms with Crippen molar-refractivity contribution in [3.63, 3.8) is 0 Å². The van der Waals surface area contributed by atoms with Gasteiger partial charge in [0, 0.05) is 31.3 Å². The summed E-state index contributed by atoms with van der Waals surface area (Å²) in [7, 11) is 5.55. The zero-order chi connectivity index (χ0) is 15.5. The lowest BCUT2D eigenvalue weighted by atomic mass is 9.85. The highest BCUT2D eigenvalue weighted by Gasteiger charge is 2.24. The van der Waals surface area contributed by atoms with Gasteiger partial charge in [0.15, 0.2) is 0 Å². The third-order valence-corrected chi connectivity index (χ3v) is 4.73. The minimum atomic E-state index is 0.436. The molecule has 0 saturated heterocycles. The summed E-state index contributed by atoms with van der Waals surface area (Å²) in [4.78, 5) is 0. The molecule has 0 bridgehead atoms. The molecule has 0 radical (unpaired) electrons. The SMILES string of the molecule is COc1ccc(-c2cc(C3CCC(OC)CC3)n(C)n2)cc1. The molecule has 1 aromatic heterocycles. The van der Waals surface area contributed by atoms with Crippen molar-refractivity contribution in [1.29, 1.82) is 0 Å². The lowest BCUT2D eigenvalue weighted by Crippen LogP contribution is -2.20. The predicted molar refractivity (Wildman–Crippen MR) is 87.2 cm³/mol. The maximum atomic E-state index is 5.47. The summed E-state index contributed by atoms with van der Waals surface area (Å²) in [5.74, 6) is 1.47. The third-order valence-electron chi connectivity index (χ3n) is 4.73. The van der Waals surface area contributed by atoms with Crippen molar-refractivity contribution < 1.29 is 9.47 Å². The number of methoxy groups -OCH3 is 2. The fraction of sp³-hybridized carbons (Fsp3) is 0.500. The summed E-state index contributed by atoms with van der Waals surface area (Å²) < 4.78 is 12.7. The van der Waals surface area contributed by atoms with Crippen LogP contribution in [0.2, 0.25) is 0 Å². The molecule has 4 nitrogen and oxygen atoms in total. The number of aryl methyl sites for hydroxylation is 1. The van der Waals surface area contributed by atoms with E-state index in [1.807, 2.05) is 31.0 Å². The molecule has 1 saturated carbocycles. The van der Waals surface area contributed by atoms with Gasteiger partial charge in [0.2, 0.25) is 0 Å². The van der Waals surface area contributed by atoms with Gasteiger partial charge >= 0.3 is 0 Å². The number of rotatable bonds is 4. The van der Waals surface area contributed by atoms with Crippen molar-refractivity contribution in [3.8, 4) is 17.0 Å². The Balaban J connectivity index is 1.78. The number of hydrogen-bond donors (Lipinski definition) is 0. The van der Waals surface area contributed by atoms with E-state index in [-0.39, 0.29) is 0 Å². The van der Waals surface area contributed by atoms with Crippen molar-refractivity contribution in [1.82, 2.24) is 9.78 Å². The zero-order valence-electron chi connectivity index (χ0n) is 13.6. The first-order valence-electron chi connectivity index (χ1n) is 7.92. The third kappa shape index (κ3) is 3.02. The van der Waals surface area contributed by atoms with Crippen molar-refractivity contribution in [2.24, 2.45) is 7.05 Å². The van der Waals surface area contributed by atoms with Crippen LogP contribution in [-0.2, 0) is 11.8 Å². The fourth-order valence-electron chi connectivity index (χ4n) is 3.36. The summed E-state index contributed by atoms with van der Waals surface area (Å²) >= 11 is 0. The van der Waals surface area contributed by atoms with E-state index in [0.29, 0.717) is 12.0 Å². The Hall–Kier alpha value is -1.81. The van der Waals surface area contributed by atoms with Crippen molar-refractivity contribution in [2.45, 2.75) is 37.7 Å². The van der Waals surface area contributed by atoms with Gasteiger partial charge in [-0.1, -0.05) is 0 Å². The number of nitrogens with zero attached hydrogens (tertiary/aromatic N) is 2. The van der Waals surface area contributed by atoms with Gasteiger partial charge in [-0.2, -0.15) is 5.10 Å². The number of hydrogen-bond acceptors (Lipinski definition) is 3. The van der Waals surface area contributed by atoms with Crippen LogP contribution < -0.4 is 4.74 Å². The second kappa shape index (κ2) is 6.53. The van der Waals surface area contributed by atoms with Crippen LogP contribution in [0, 0.1) is 0 Å². The van der Waals surface area contributed by atoms with Gasteiger partial charge in [-0.3, -0.25) is 4.68 Å². The standard InChI is InChI=1S/C18H24N2O2/c1-20-18(14-6-10-16(22-3)11-7-14)12-17(19-20)13-4-8-15(21-2)9-5-13/h4-5,8-9,12,14,16H,6-7,10-11H2,1-3H3. The molecular weight excluding hydrogens is 276 g/mol. The highest BCUT2D eigenvalue weighted by atomic mass is 16.5. The maximum Gasteiger partial charge on any atom is 0.118 e. The van der Waals surface area contributed by atoms with Crippen molar-refractivity contribution in [2.75, 3.05) is 14.2 Å². The molecule has 1 aromatic carbocycles. The second-order valence-electron chi connectivity index (χ2n) is 6.02. The smallest absolute Gasteiger partial charge is 0.118 e. The van der Waals surface area contributed by atoms with E-state index >= 15 is 0 Å². The maximum absolute atomic E-state index is 5.47. The Morgan fingerprint density at radius 2 is 1.73 bits per heavy atom. The Bertz CT molecular complexity index is 611. The average molecular weight is 300 g/mol. The average Bonchev–Trinajstić information content (AvgIpc) is 2.97. The van der Waals surface area contributed by atoms with Crippen LogP contribution in [0.3, 0.4) is 0 Å². The summed E-state index contributed by atoms with van der Waals surface area (Å²) in [5, 5.41) is 4.70. The highest BCUT2D eigenvalue weighted by Crippen LogP contribution is 2.35. The first-order chi connectivity index (χ1) is 10.7. The minimum absolute atomic E-state index is 0.436. The molecule has 0 unspecified atom stereocenters. The van der Waals surface area contributed by atoms with Gasteiger partial charge in [-0.05, 0) is 56.0 Å². The first-order valence-corrected chi connectivity index (χ1v) is 7.92. The molecule has 0 N–H and O–H groups in total. The van der Waals surface area contributed by atoms with Crippen LogP contribution in [0.25, 0.3) is 11.3 Å². The number of aromatic nitrogens is 2. The Kier molecular flexibility index (Phi) is 4.48. The van der Waals surface area contributed by atoms with Crippen LogP contribution >= 0.6 is 0 Å². The molecule has 1 aliphatic carbocycles. The van der Waals surface area contributed by atoms with E-state index in [9.17, 15) is 0 Å². The van der Waals surface area contributed by atoms with E-state index in [1.165, 1.54) is 18.5 Å². The number of ether oxygens (including phenoxy) is 2. The molecule has 0 amide bonds. The molecule has 1 aliphatic rings.